The number of carbonyl (C=O) groups is 1. The van der Waals surface area contributed by atoms with E-state index < -0.39 is 5.56 Å². The number of rotatable bonds is 5. The van der Waals surface area contributed by atoms with Crippen LogP contribution in [-0.2, 0) is 11.3 Å². The Bertz CT molecular complexity index is 1690. The van der Waals surface area contributed by atoms with Gasteiger partial charge in [-0.2, -0.15) is 5.10 Å². The van der Waals surface area contributed by atoms with Gasteiger partial charge in [0.05, 0.1) is 41.2 Å². The molecular weight excluding hydrogens is 426 g/mol. The lowest BCUT2D eigenvalue weighted by atomic mass is 10.2. The number of aromatic amines is 2. The topological polar surface area (TPSA) is 148 Å². The van der Waals surface area contributed by atoms with Crippen LogP contribution < -0.4 is 22.0 Å². The van der Waals surface area contributed by atoms with Crippen LogP contribution in [0.4, 0.5) is 5.69 Å². The molecule has 0 atom stereocenters. The Morgan fingerprint density at radius 2 is 1.70 bits per heavy atom. The second-order valence-corrected chi connectivity index (χ2v) is 7.28. The van der Waals surface area contributed by atoms with E-state index in [1.54, 1.807) is 48.5 Å². The Morgan fingerprint density at radius 3 is 2.55 bits per heavy atom. The van der Waals surface area contributed by atoms with E-state index in [-0.39, 0.29) is 30.0 Å². The van der Waals surface area contributed by atoms with Crippen LogP contribution in [0.3, 0.4) is 0 Å². The minimum atomic E-state index is -0.399. The van der Waals surface area contributed by atoms with E-state index >= 15 is 0 Å². The molecule has 0 unspecified atom stereocenters. The van der Waals surface area contributed by atoms with Crippen molar-refractivity contribution < 1.29 is 4.79 Å². The van der Waals surface area contributed by atoms with E-state index in [0.29, 0.717) is 33.2 Å². The number of anilines is 1. The van der Waals surface area contributed by atoms with Crippen molar-refractivity contribution in [1.82, 2.24) is 29.5 Å². The summed E-state index contributed by atoms with van der Waals surface area (Å²) >= 11 is 0. The molecule has 0 saturated carbocycles. The van der Waals surface area contributed by atoms with Crippen LogP contribution in [0, 0.1) is 0 Å². The Morgan fingerprint density at radius 1 is 0.939 bits per heavy atom. The van der Waals surface area contributed by atoms with Gasteiger partial charge in [-0.05, 0) is 24.3 Å². The van der Waals surface area contributed by atoms with Crippen LogP contribution in [0.1, 0.15) is 6.42 Å². The van der Waals surface area contributed by atoms with Crippen LogP contribution in [-0.4, -0.2) is 35.4 Å². The highest BCUT2D eigenvalue weighted by Gasteiger charge is 2.14. The molecule has 5 rings (SSSR count). The molecule has 0 fully saturated rings. The number of carbonyl (C=O) groups excluding carboxylic acids is 1. The number of hydrogen-bond acceptors (Lipinski definition) is 6. The zero-order valence-corrected chi connectivity index (χ0v) is 17.1. The first-order valence-electron chi connectivity index (χ1n) is 10.1. The number of nitrogens with one attached hydrogen (secondary N) is 3. The van der Waals surface area contributed by atoms with Gasteiger partial charge >= 0.3 is 0 Å². The van der Waals surface area contributed by atoms with E-state index in [4.69, 9.17) is 0 Å². The number of para-hydroxylation sites is 2. The monoisotopic (exact) mass is 443 g/mol. The van der Waals surface area contributed by atoms with E-state index in [9.17, 15) is 19.2 Å². The second-order valence-electron chi connectivity index (χ2n) is 7.28. The summed E-state index contributed by atoms with van der Waals surface area (Å²) in [6, 6.07) is 13.5. The minimum absolute atomic E-state index is 0.00542. The van der Waals surface area contributed by atoms with Gasteiger partial charge in [0.2, 0.25) is 5.91 Å². The fourth-order valence-corrected chi connectivity index (χ4v) is 3.63. The lowest BCUT2D eigenvalue weighted by Gasteiger charge is -2.12. The average Bonchev–Trinajstić information content (AvgIpc) is 3.26. The van der Waals surface area contributed by atoms with Gasteiger partial charge in [0, 0.05) is 6.42 Å². The summed E-state index contributed by atoms with van der Waals surface area (Å²) in [6.07, 6.45) is 2.63. The van der Waals surface area contributed by atoms with Crippen LogP contribution >= 0.6 is 0 Å². The first-order valence-corrected chi connectivity index (χ1v) is 10.1. The molecule has 11 heteroatoms. The van der Waals surface area contributed by atoms with Gasteiger partial charge in [-0.15, -0.1) is 0 Å². The molecule has 0 bridgehead atoms. The zero-order chi connectivity index (χ0) is 22.9. The first kappa shape index (κ1) is 20.1. The number of amides is 1. The van der Waals surface area contributed by atoms with E-state index in [2.05, 4.69) is 25.5 Å². The van der Waals surface area contributed by atoms with Crippen LogP contribution in [0.15, 0.2) is 75.4 Å². The molecule has 0 aliphatic carbocycles. The van der Waals surface area contributed by atoms with Crippen molar-refractivity contribution in [2.75, 3.05) is 5.32 Å². The summed E-state index contributed by atoms with van der Waals surface area (Å²) in [5, 5.41) is 10.5. The molecule has 0 aliphatic heterocycles. The van der Waals surface area contributed by atoms with Crippen LogP contribution in [0.25, 0.3) is 27.5 Å². The van der Waals surface area contributed by atoms with Crippen molar-refractivity contribution >= 4 is 33.4 Å². The summed E-state index contributed by atoms with van der Waals surface area (Å²) in [4.78, 5) is 56.2. The Labute approximate surface area is 184 Å². The summed E-state index contributed by atoms with van der Waals surface area (Å²) in [5.74, 6) is -0.370. The van der Waals surface area contributed by atoms with Gasteiger partial charge in [0.15, 0.2) is 5.65 Å². The van der Waals surface area contributed by atoms with Crippen molar-refractivity contribution in [3.8, 4) is 5.69 Å². The summed E-state index contributed by atoms with van der Waals surface area (Å²) in [5.41, 5.74) is 0.231. The number of H-pyrrole nitrogens is 2. The number of aromatic nitrogens is 6. The molecule has 2 aromatic carbocycles. The van der Waals surface area contributed by atoms with Gasteiger partial charge in [-0.1, -0.05) is 24.3 Å². The van der Waals surface area contributed by atoms with Crippen LogP contribution in [0.5, 0.6) is 0 Å². The highest BCUT2D eigenvalue weighted by atomic mass is 16.2. The minimum Gasteiger partial charge on any atom is -0.324 e. The summed E-state index contributed by atoms with van der Waals surface area (Å²) in [7, 11) is 0. The van der Waals surface area contributed by atoms with E-state index in [0.717, 1.165) is 4.68 Å². The molecule has 3 aromatic heterocycles. The lowest BCUT2D eigenvalue weighted by Crippen LogP contribution is -2.31. The predicted octanol–water partition coefficient (Wildman–Crippen LogP) is 1.14. The third-order valence-electron chi connectivity index (χ3n) is 5.22. The van der Waals surface area contributed by atoms with E-state index in [1.165, 1.54) is 17.2 Å². The molecule has 0 radical (unpaired) electrons. The molecule has 5 aromatic rings. The quantitative estimate of drug-likeness (QED) is 0.371. The van der Waals surface area contributed by atoms with Crippen molar-refractivity contribution in [2.24, 2.45) is 0 Å². The molecule has 0 saturated heterocycles. The fourth-order valence-electron chi connectivity index (χ4n) is 3.63. The average molecular weight is 443 g/mol. The fraction of sp³-hybridized carbons (Fsp3) is 0.0909. The third-order valence-corrected chi connectivity index (χ3v) is 5.22. The summed E-state index contributed by atoms with van der Waals surface area (Å²) < 4.78 is 2.60. The number of fused-ring (bicyclic) bond motifs is 2. The normalized spacial score (nSPS) is 11.2. The number of benzene rings is 2. The molecule has 33 heavy (non-hydrogen) atoms. The van der Waals surface area contributed by atoms with Gasteiger partial charge in [0.1, 0.15) is 5.39 Å². The first-order chi connectivity index (χ1) is 16.0. The maximum Gasteiger partial charge on any atom is 0.273 e. The Hall–Kier alpha value is -4.80. The van der Waals surface area contributed by atoms with E-state index in [1.807, 2.05) is 0 Å². The maximum atomic E-state index is 12.7. The molecular formula is C22H17N7O4. The largest absolute Gasteiger partial charge is 0.324 e. The molecule has 1 amide bonds. The number of nitrogens with zero attached hydrogens (tertiary/aromatic N) is 4. The predicted molar refractivity (Wildman–Crippen MR) is 122 cm³/mol. The smallest absolute Gasteiger partial charge is 0.273 e. The highest BCUT2D eigenvalue weighted by Crippen LogP contribution is 2.22. The van der Waals surface area contributed by atoms with Gasteiger partial charge in [0.25, 0.3) is 16.7 Å². The van der Waals surface area contributed by atoms with Crippen molar-refractivity contribution in [3.05, 3.63) is 92.1 Å². The van der Waals surface area contributed by atoms with Crippen molar-refractivity contribution in [3.63, 3.8) is 0 Å². The summed E-state index contributed by atoms with van der Waals surface area (Å²) in [6.45, 7) is -0.00542. The van der Waals surface area contributed by atoms with Gasteiger partial charge in [-0.3, -0.25) is 24.3 Å². The molecule has 0 spiro atoms. The van der Waals surface area contributed by atoms with Gasteiger partial charge < -0.3 is 10.3 Å². The van der Waals surface area contributed by atoms with Gasteiger partial charge in [-0.25, -0.2) is 14.3 Å². The highest BCUT2D eigenvalue weighted by molar-refractivity contribution is 5.93. The molecule has 3 N–H and O–H groups in total. The zero-order valence-electron chi connectivity index (χ0n) is 17.1. The standard InChI is InChI=1S/C22H17N7O4/c30-18(9-10-28-22(33)14-6-2-1-5-13(14)21(32)27-28)26-16-7-3-4-8-17(16)29-19-15(11-25-29)20(31)24-12-23-19/h1-8,11-12H,9-10H2,(H,26,30)(H,27,32)(H,23,24,31). The molecule has 3 heterocycles. The van der Waals surface area contributed by atoms with Crippen molar-refractivity contribution in [1.29, 1.82) is 0 Å². The lowest BCUT2D eigenvalue weighted by molar-refractivity contribution is -0.116. The molecule has 164 valence electrons. The Balaban J connectivity index is 1.40. The van der Waals surface area contributed by atoms with Crippen molar-refractivity contribution in [2.45, 2.75) is 13.0 Å². The molecule has 11 nitrogen and oxygen atoms in total. The SMILES string of the molecule is O=C(CCn1[nH]c(=O)c2ccccc2c1=O)Nc1ccccc1-n1ncc2c(=O)[nH]cnc21. The number of aryl methyl sites for hydroxylation is 1. The Kier molecular flexibility index (Phi) is 4.90. The molecule has 0 aliphatic rings. The van der Waals surface area contributed by atoms with Crippen LogP contribution in [0.2, 0.25) is 0 Å². The maximum absolute atomic E-state index is 12.7. The second kappa shape index (κ2) is 8.04. The number of hydrogen-bond donors (Lipinski definition) is 3. The third kappa shape index (κ3) is 3.61.